The van der Waals surface area contributed by atoms with Gasteiger partial charge in [-0.15, -0.1) is 0 Å². The molecule has 0 unspecified atom stereocenters. The zero-order valence-electron chi connectivity index (χ0n) is 12.3. The van der Waals surface area contributed by atoms with E-state index in [2.05, 4.69) is 58.4 Å². The molecule has 2 heterocycles. The number of nitrogens with zero attached hydrogens (tertiary/aromatic N) is 2. The number of nitrogens with one attached hydrogen (secondary N) is 1. The van der Waals surface area contributed by atoms with E-state index in [0.29, 0.717) is 0 Å². The number of hydrogen-bond acceptors (Lipinski definition) is 4. The van der Waals surface area contributed by atoms with Crippen molar-refractivity contribution in [1.82, 2.24) is 10.3 Å². The molecule has 0 spiro atoms. The van der Waals surface area contributed by atoms with E-state index in [1.165, 1.54) is 21.9 Å². The minimum absolute atomic E-state index is 0.835. The van der Waals surface area contributed by atoms with Crippen molar-refractivity contribution in [3.8, 4) is 0 Å². The number of benzene rings is 1. The number of pyridine rings is 1. The summed E-state index contributed by atoms with van der Waals surface area (Å²) in [7, 11) is 4.07. The fraction of sp³-hybridized carbons (Fsp3) is 0.235. The van der Waals surface area contributed by atoms with E-state index in [0.717, 1.165) is 18.9 Å². The van der Waals surface area contributed by atoms with Gasteiger partial charge in [0.05, 0.1) is 0 Å². The summed E-state index contributed by atoms with van der Waals surface area (Å²) in [6.07, 6.45) is 1.98. The van der Waals surface area contributed by atoms with Gasteiger partial charge in [-0.3, -0.25) is 0 Å². The Balaban J connectivity index is 2.00. The lowest BCUT2D eigenvalue weighted by Crippen LogP contribution is -2.18. The number of thiophene rings is 1. The van der Waals surface area contributed by atoms with Crippen molar-refractivity contribution in [2.75, 3.05) is 19.0 Å². The second-order valence-electron chi connectivity index (χ2n) is 5.17. The molecule has 0 saturated carbocycles. The Morgan fingerprint density at radius 2 is 2.00 bits per heavy atom. The van der Waals surface area contributed by atoms with Gasteiger partial charge in [-0.05, 0) is 40.4 Å². The minimum atomic E-state index is 0.835. The van der Waals surface area contributed by atoms with Crippen LogP contribution < -0.4 is 10.2 Å². The maximum absolute atomic E-state index is 4.70. The molecule has 3 nitrogen and oxygen atoms in total. The van der Waals surface area contributed by atoms with E-state index in [-0.39, 0.29) is 0 Å². The molecule has 0 bridgehead atoms. The molecule has 0 atom stereocenters. The molecule has 1 N–H and O–H groups in total. The van der Waals surface area contributed by atoms with Crippen molar-refractivity contribution in [2.45, 2.75) is 13.1 Å². The van der Waals surface area contributed by atoms with Crippen LogP contribution in [-0.4, -0.2) is 19.1 Å². The van der Waals surface area contributed by atoms with Crippen LogP contribution in [-0.2, 0) is 13.1 Å². The summed E-state index contributed by atoms with van der Waals surface area (Å²) in [5.41, 5.74) is 2.56. The molecule has 0 aliphatic heterocycles. The fourth-order valence-corrected chi connectivity index (χ4v) is 3.26. The summed E-state index contributed by atoms with van der Waals surface area (Å²) in [6, 6.07) is 10.7. The lowest BCUT2D eigenvalue weighted by molar-refractivity contribution is 0.817. The van der Waals surface area contributed by atoms with Crippen molar-refractivity contribution in [2.24, 2.45) is 0 Å². The van der Waals surface area contributed by atoms with Crippen LogP contribution in [0.4, 0.5) is 5.82 Å². The molecule has 4 heteroatoms. The molecule has 3 rings (SSSR count). The summed E-state index contributed by atoms with van der Waals surface area (Å²) >= 11 is 1.73. The van der Waals surface area contributed by atoms with E-state index < -0.39 is 0 Å². The van der Waals surface area contributed by atoms with Crippen LogP contribution in [0.15, 0.2) is 47.3 Å². The van der Waals surface area contributed by atoms with Crippen LogP contribution in [0.1, 0.15) is 11.1 Å². The van der Waals surface area contributed by atoms with E-state index in [4.69, 9.17) is 4.98 Å². The average molecular weight is 297 g/mol. The minimum Gasteiger partial charge on any atom is -0.355 e. The van der Waals surface area contributed by atoms with Gasteiger partial charge in [-0.2, -0.15) is 11.3 Å². The highest BCUT2D eigenvalue weighted by Gasteiger charge is 2.11. The molecule has 21 heavy (non-hydrogen) atoms. The van der Waals surface area contributed by atoms with Gasteiger partial charge in [0, 0.05) is 31.7 Å². The monoisotopic (exact) mass is 297 g/mol. The molecule has 0 aliphatic rings. The Hall–Kier alpha value is -1.91. The van der Waals surface area contributed by atoms with Gasteiger partial charge < -0.3 is 10.2 Å². The number of anilines is 1. The van der Waals surface area contributed by atoms with Crippen LogP contribution in [0.25, 0.3) is 10.8 Å². The van der Waals surface area contributed by atoms with Gasteiger partial charge in [0.15, 0.2) is 0 Å². The average Bonchev–Trinajstić information content (AvgIpc) is 3.00. The molecule has 1 aromatic carbocycles. The summed E-state index contributed by atoms with van der Waals surface area (Å²) < 4.78 is 0. The molecule has 0 fully saturated rings. The van der Waals surface area contributed by atoms with Gasteiger partial charge in [0.1, 0.15) is 5.82 Å². The van der Waals surface area contributed by atoms with Crippen molar-refractivity contribution in [3.05, 3.63) is 58.4 Å². The summed E-state index contributed by atoms with van der Waals surface area (Å²) in [5, 5.41) is 10.00. The second-order valence-corrected chi connectivity index (χ2v) is 5.95. The first kappa shape index (κ1) is 14.0. The van der Waals surface area contributed by atoms with E-state index in [1.54, 1.807) is 11.3 Å². The Kier molecular flexibility index (Phi) is 4.18. The highest BCUT2D eigenvalue weighted by molar-refractivity contribution is 7.07. The number of aromatic nitrogens is 1. The predicted molar refractivity (Wildman–Crippen MR) is 90.9 cm³/mol. The zero-order valence-corrected chi connectivity index (χ0v) is 13.2. The number of hydrogen-bond donors (Lipinski definition) is 1. The number of rotatable bonds is 5. The molecule has 0 aliphatic carbocycles. The van der Waals surface area contributed by atoms with E-state index in [9.17, 15) is 0 Å². The smallest absolute Gasteiger partial charge is 0.136 e. The topological polar surface area (TPSA) is 28.2 Å². The quantitative estimate of drug-likeness (QED) is 0.779. The van der Waals surface area contributed by atoms with Gasteiger partial charge in [0.25, 0.3) is 0 Å². The molecule has 0 radical (unpaired) electrons. The predicted octanol–water partition coefficient (Wildman–Crippen LogP) is 3.65. The lowest BCUT2D eigenvalue weighted by Gasteiger charge is -2.20. The molecular formula is C17H19N3S. The Bertz CT molecular complexity index is 722. The summed E-state index contributed by atoms with van der Waals surface area (Å²) in [5.74, 6) is 1.04. The molecule has 0 amide bonds. The Morgan fingerprint density at radius 1 is 1.19 bits per heavy atom. The van der Waals surface area contributed by atoms with E-state index >= 15 is 0 Å². The van der Waals surface area contributed by atoms with Gasteiger partial charge in [0.2, 0.25) is 0 Å². The first-order chi connectivity index (χ1) is 10.3. The molecule has 0 saturated heterocycles. The highest BCUT2D eigenvalue weighted by Crippen LogP contribution is 2.27. The van der Waals surface area contributed by atoms with Gasteiger partial charge >= 0.3 is 0 Å². The molecule has 108 valence electrons. The van der Waals surface area contributed by atoms with Gasteiger partial charge in [-0.1, -0.05) is 24.3 Å². The second kappa shape index (κ2) is 6.24. The Morgan fingerprint density at radius 3 is 2.71 bits per heavy atom. The van der Waals surface area contributed by atoms with Crippen LogP contribution in [0, 0.1) is 0 Å². The molecule has 2 aromatic heterocycles. The first-order valence-corrected chi connectivity index (χ1v) is 7.97. The maximum Gasteiger partial charge on any atom is 0.136 e. The number of fused-ring (bicyclic) bond motifs is 1. The van der Waals surface area contributed by atoms with Crippen molar-refractivity contribution < 1.29 is 0 Å². The van der Waals surface area contributed by atoms with Crippen LogP contribution in [0.2, 0.25) is 0 Å². The third-order valence-electron chi connectivity index (χ3n) is 3.59. The van der Waals surface area contributed by atoms with Gasteiger partial charge in [-0.25, -0.2) is 4.98 Å². The van der Waals surface area contributed by atoms with Crippen molar-refractivity contribution >= 4 is 27.9 Å². The van der Waals surface area contributed by atoms with Crippen molar-refractivity contribution in [1.29, 1.82) is 0 Å². The SMILES string of the molecule is CNCc1cnc(N(C)Cc2ccsc2)c2ccccc12. The fourth-order valence-electron chi connectivity index (χ4n) is 2.60. The molecule has 3 aromatic rings. The summed E-state index contributed by atoms with van der Waals surface area (Å²) in [4.78, 5) is 6.91. The van der Waals surface area contributed by atoms with Crippen molar-refractivity contribution in [3.63, 3.8) is 0 Å². The van der Waals surface area contributed by atoms with Crippen LogP contribution >= 0.6 is 11.3 Å². The van der Waals surface area contributed by atoms with E-state index in [1.807, 2.05) is 13.2 Å². The van der Waals surface area contributed by atoms with Crippen LogP contribution in [0.5, 0.6) is 0 Å². The Labute approximate surface area is 129 Å². The first-order valence-electron chi connectivity index (χ1n) is 7.03. The largest absolute Gasteiger partial charge is 0.355 e. The third kappa shape index (κ3) is 2.91. The maximum atomic E-state index is 4.70. The standard InChI is InChI=1S/C17H19N3S/c1-18-9-14-10-19-17(16-6-4-3-5-15(14)16)20(2)11-13-7-8-21-12-13/h3-8,10,12,18H,9,11H2,1-2H3. The third-order valence-corrected chi connectivity index (χ3v) is 4.32. The lowest BCUT2D eigenvalue weighted by atomic mass is 10.1. The molecular weight excluding hydrogens is 278 g/mol. The normalized spacial score (nSPS) is 11.0. The highest BCUT2D eigenvalue weighted by atomic mass is 32.1. The zero-order chi connectivity index (χ0) is 14.7. The van der Waals surface area contributed by atoms with Crippen LogP contribution in [0.3, 0.4) is 0 Å². The summed E-state index contributed by atoms with van der Waals surface area (Å²) in [6.45, 7) is 1.72.